The third-order valence-corrected chi connectivity index (χ3v) is 5.13. The number of carbonyl (C=O) groups excluding carboxylic acids is 2. The number of rotatable bonds is 8. The van der Waals surface area contributed by atoms with Crippen LogP contribution in [0.1, 0.15) is 10.4 Å². The first kappa shape index (κ1) is 22.6. The number of amides is 1. The highest BCUT2D eigenvalue weighted by Crippen LogP contribution is 2.31. The van der Waals surface area contributed by atoms with Crippen LogP contribution in [0.25, 0.3) is 0 Å². The van der Waals surface area contributed by atoms with Crippen molar-refractivity contribution in [3.05, 3.63) is 48.0 Å². The number of para-hydroxylation sites is 1. The quantitative estimate of drug-likeness (QED) is 0.471. The zero-order chi connectivity index (χ0) is 21.6. The molecule has 1 amide bonds. The van der Waals surface area contributed by atoms with Gasteiger partial charge < -0.3 is 14.8 Å². The van der Waals surface area contributed by atoms with Crippen LogP contribution in [0, 0.1) is 0 Å². The Bertz CT molecular complexity index is 1010. The summed E-state index contributed by atoms with van der Waals surface area (Å²) in [6.45, 7) is -0.741. The normalized spacial score (nSPS) is 11.2. The molecule has 0 aromatic heterocycles. The van der Waals surface area contributed by atoms with Crippen molar-refractivity contribution < 1.29 is 36.3 Å². The van der Waals surface area contributed by atoms with E-state index < -0.39 is 34.3 Å². The first-order valence-electron chi connectivity index (χ1n) is 7.83. The fourth-order valence-electron chi connectivity index (χ4n) is 2.19. The molecule has 0 atom stereocenters. The number of esters is 1. The van der Waals surface area contributed by atoms with Gasteiger partial charge in [-0.2, -0.15) is 8.78 Å². The number of methoxy groups -OCH3 is 1. The van der Waals surface area contributed by atoms with E-state index in [9.17, 15) is 26.8 Å². The molecule has 3 N–H and O–H groups in total. The monoisotopic (exact) mass is 446 g/mol. The van der Waals surface area contributed by atoms with Crippen molar-refractivity contribution in [2.75, 3.05) is 19.0 Å². The van der Waals surface area contributed by atoms with E-state index in [0.29, 0.717) is 0 Å². The molecule has 2 rings (SSSR count). The maximum Gasteiger partial charge on any atom is 0.342 e. The van der Waals surface area contributed by atoms with Crippen LogP contribution in [0.2, 0.25) is 0 Å². The summed E-state index contributed by atoms with van der Waals surface area (Å²) in [6.07, 6.45) is 0. The number of carbonyl (C=O) groups is 2. The number of anilines is 1. The molecule has 2 aromatic rings. The molecule has 0 aliphatic rings. The number of nitrogens with one attached hydrogen (secondary N) is 1. The van der Waals surface area contributed by atoms with Crippen LogP contribution in [-0.2, 0) is 19.6 Å². The predicted octanol–water partition coefficient (Wildman–Crippen LogP) is 2.45. The Balaban J connectivity index is 2.09. The summed E-state index contributed by atoms with van der Waals surface area (Å²) >= 11 is 0.256. The lowest BCUT2D eigenvalue weighted by Gasteiger charge is -2.12. The van der Waals surface area contributed by atoms with Crippen molar-refractivity contribution in [3.63, 3.8) is 0 Å². The molecule has 8 nitrogen and oxygen atoms in total. The van der Waals surface area contributed by atoms with Crippen molar-refractivity contribution >= 4 is 39.3 Å². The third kappa shape index (κ3) is 6.41. The smallest absolute Gasteiger partial charge is 0.342 e. The van der Waals surface area contributed by atoms with Gasteiger partial charge in [-0.1, -0.05) is 23.9 Å². The summed E-state index contributed by atoms with van der Waals surface area (Å²) in [5.74, 6) is -4.47. The Morgan fingerprint density at radius 3 is 2.52 bits per heavy atom. The van der Waals surface area contributed by atoms with Gasteiger partial charge in [-0.3, -0.25) is 4.79 Å². The van der Waals surface area contributed by atoms with Gasteiger partial charge in [0.1, 0.15) is 11.3 Å². The van der Waals surface area contributed by atoms with Gasteiger partial charge in [-0.25, -0.2) is 18.4 Å². The van der Waals surface area contributed by atoms with Crippen molar-refractivity contribution in [2.45, 2.75) is 15.5 Å². The van der Waals surface area contributed by atoms with E-state index >= 15 is 0 Å². The van der Waals surface area contributed by atoms with Gasteiger partial charge in [0.15, 0.2) is 6.61 Å². The Hall–Kier alpha value is -2.70. The molecular weight excluding hydrogens is 430 g/mol. The SMILES string of the molecule is COc1ccc(S(N)(=O)=O)cc1C(=O)OCC(=O)Nc1ccccc1SC(F)F. The lowest BCUT2D eigenvalue weighted by atomic mass is 10.2. The molecule has 2 aromatic carbocycles. The molecule has 0 unspecified atom stereocenters. The Labute approximate surface area is 169 Å². The Kier molecular flexibility index (Phi) is 7.53. The van der Waals surface area contributed by atoms with Crippen molar-refractivity contribution in [3.8, 4) is 5.75 Å². The maximum atomic E-state index is 12.6. The summed E-state index contributed by atoms with van der Waals surface area (Å²) < 4.78 is 57.9. The molecule has 156 valence electrons. The third-order valence-electron chi connectivity index (χ3n) is 3.43. The molecule has 0 saturated carbocycles. The Morgan fingerprint density at radius 1 is 1.21 bits per heavy atom. The second-order valence-corrected chi connectivity index (χ2v) is 8.00. The minimum Gasteiger partial charge on any atom is -0.496 e. The van der Waals surface area contributed by atoms with E-state index in [-0.39, 0.29) is 38.6 Å². The standard InChI is InChI=1S/C17H16F2N2O6S2/c1-26-13-7-6-10(29(20,24)25)8-11(13)16(23)27-9-15(22)21-12-4-2-3-5-14(12)28-17(18)19/h2-8,17H,9H2,1H3,(H,21,22)(H2,20,24,25). The van der Waals surface area contributed by atoms with E-state index in [0.717, 1.165) is 12.1 Å². The van der Waals surface area contributed by atoms with Gasteiger partial charge in [0.2, 0.25) is 10.0 Å². The Morgan fingerprint density at radius 2 is 1.90 bits per heavy atom. The van der Waals surface area contributed by atoms with Gasteiger partial charge in [0.05, 0.1) is 17.7 Å². The molecule has 0 saturated heterocycles. The molecule has 0 aliphatic heterocycles. The molecule has 0 spiro atoms. The number of hydrogen-bond donors (Lipinski definition) is 2. The van der Waals surface area contributed by atoms with E-state index in [1.807, 2.05) is 0 Å². The van der Waals surface area contributed by atoms with Crippen LogP contribution in [0.3, 0.4) is 0 Å². The summed E-state index contributed by atoms with van der Waals surface area (Å²) in [5.41, 5.74) is -0.117. The first-order valence-corrected chi connectivity index (χ1v) is 10.3. The van der Waals surface area contributed by atoms with E-state index in [4.69, 9.17) is 14.6 Å². The van der Waals surface area contributed by atoms with Crippen molar-refractivity contribution in [1.82, 2.24) is 0 Å². The molecule has 0 radical (unpaired) electrons. The average Bonchev–Trinajstić information content (AvgIpc) is 2.66. The first-order chi connectivity index (χ1) is 13.6. The second kappa shape index (κ2) is 9.67. The van der Waals surface area contributed by atoms with Crippen LogP contribution < -0.4 is 15.2 Å². The van der Waals surface area contributed by atoms with Gasteiger partial charge >= 0.3 is 5.97 Å². The van der Waals surface area contributed by atoms with Crippen LogP contribution >= 0.6 is 11.8 Å². The van der Waals surface area contributed by atoms with Gasteiger partial charge in [0, 0.05) is 4.90 Å². The van der Waals surface area contributed by atoms with Crippen LogP contribution in [0.15, 0.2) is 52.3 Å². The number of nitrogens with two attached hydrogens (primary N) is 1. The van der Waals surface area contributed by atoms with Gasteiger partial charge in [0.25, 0.3) is 11.7 Å². The van der Waals surface area contributed by atoms with E-state index in [1.54, 1.807) is 6.07 Å². The number of primary sulfonamides is 1. The topological polar surface area (TPSA) is 125 Å². The highest BCUT2D eigenvalue weighted by atomic mass is 32.2. The summed E-state index contributed by atoms with van der Waals surface area (Å²) in [4.78, 5) is 24.1. The summed E-state index contributed by atoms with van der Waals surface area (Å²) in [5, 5.41) is 7.40. The molecule has 0 bridgehead atoms. The van der Waals surface area contributed by atoms with E-state index in [2.05, 4.69) is 5.32 Å². The molecule has 0 heterocycles. The van der Waals surface area contributed by atoms with E-state index in [1.165, 1.54) is 31.4 Å². The highest BCUT2D eigenvalue weighted by molar-refractivity contribution is 7.99. The fraction of sp³-hybridized carbons (Fsp3) is 0.176. The van der Waals surface area contributed by atoms with Crippen LogP contribution in [-0.4, -0.2) is 39.8 Å². The van der Waals surface area contributed by atoms with Gasteiger partial charge in [-0.05, 0) is 30.3 Å². The number of halogens is 2. The van der Waals surface area contributed by atoms with Crippen molar-refractivity contribution in [1.29, 1.82) is 0 Å². The second-order valence-electron chi connectivity index (χ2n) is 5.41. The molecular formula is C17H16F2N2O6S2. The van der Waals surface area contributed by atoms with Crippen molar-refractivity contribution in [2.24, 2.45) is 5.14 Å². The number of benzene rings is 2. The van der Waals surface area contributed by atoms with Gasteiger partial charge in [-0.15, -0.1) is 0 Å². The largest absolute Gasteiger partial charge is 0.496 e. The lowest BCUT2D eigenvalue weighted by Crippen LogP contribution is -2.22. The minimum absolute atomic E-state index is 0.0153. The fourth-order valence-corrected chi connectivity index (χ4v) is 3.32. The van der Waals surface area contributed by atoms with Crippen LogP contribution in [0.4, 0.5) is 14.5 Å². The zero-order valence-corrected chi connectivity index (χ0v) is 16.6. The number of thioether (sulfide) groups is 1. The number of hydrogen-bond acceptors (Lipinski definition) is 7. The summed E-state index contributed by atoms with van der Waals surface area (Å²) in [7, 11) is -2.82. The van der Waals surface area contributed by atoms with Crippen LogP contribution in [0.5, 0.6) is 5.75 Å². The number of ether oxygens (including phenoxy) is 2. The molecule has 29 heavy (non-hydrogen) atoms. The summed E-state index contributed by atoms with van der Waals surface area (Å²) in [6, 6.07) is 9.23. The average molecular weight is 446 g/mol. The number of alkyl halides is 2. The molecule has 12 heteroatoms. The predicted molar refractivity (Wildman–Crippen MR) is 102 cm³/mol. The highest BCUT2D eigenvalue weighted by Gasteiger charge is 2.20. The minimum atomic E-state index is -4.08. The number of sulfonamides is 1. The maximum absolute atomic E-state index is 12.6. The molecule has 0 fully saturated rings. The molecule has 0 aliphatic carbocycles. The lowest BCUT2D eigenvalue weighted by molar-refractivity contribution is -0.119. The zero-order valence-electron chi connectivity index (χ0n) is 14.9.